The van der Waals surface area contributed by atoms with Gasteiger partial charge in [-0.3, -0.25) is 24.6 Å². The number of alkyl carbamates (subject to hydrolysis) is 1. The molecule has 0 fully saturated rings. The molecule has 9 heteroatoms. The van der Waals surface area contributed by atoms with Gasteiger partial charge < -0.3 is 9.47 Å². The molecular weight excluding hydrogens is 336 g/mol. The third kappa shape index (κ3) is 4.72. The molecule has 0 aromatic heterocycles. The minimum Gasteiger partial charge on any atom is -0.454 e. The van der Waals surface area contributed by atoms with E-state index < -0.39 is 24.6 Å². The number of nitrogens with zero attached hydrogens (tertiary/aromatic N) is 1. The first kappa shape index (κ1) is 17.8. The molecule has 0 spiro atoms. The predicted molar refractivity (Wildman–Crippen MR) is 85.6 cm³/mol. The highest BCUT2D eigenvalue weighted by molar-refractivity contribution is 8.00. The van der Waals surface area contributed by atoms with Crippen LogP contribution in [0, 0.1) is 0 Å². The number of hydrogen-bond acceptors (Lipinski definition) is 7. The fraction of sp³-hybridized carbons (Fsp3) is 0.333. The zero-order valence-electron chi connectivity index (χ0n) is 12.9. The van der Waals surface area contributed by atoms with Crippen molar-refractivity contribution in [3.8, 4) is 0 Å². The number of para-hydroxylation sites is 1. The van der Waals surface area contributed by atoms with Crippen molar-refractivity contribution in [1.29, 1.82) is 0 Å². The molecule has 0 atom stereocenters. The maximum atomic E-state index is 12.0. The molecule has 0 saturated carbocycles. The summed E-state index contributed by atoms with van der Waals surface area (Å²) < 4.78 is 9.32. The topological polar surface area (TPSA) is 102 Å². The number of rotatable bonds is 5. The fourth-order valence-corrected chi connectivity index (χ4v) is 2.90. The van der Waals surface area contributed by atoms with Crippen molar-refractivity contribution < 1.29 is 28.7 Å². The Balaban J connectivity index is 1.87. The standard InChI is InChI=1S/C15H16N2O6S/c1-2-22-15(21)16-12(18)8-23-14(20)7-17-10-5-3-4-6-11(10)24-9-13(17)19/h3-6H,2,7-9H2,1H3,(H,16,18,21). The SMILES string of the molecule is CCOC(=O)NC(=O)COC(=O)CN1C(=O)CSc2ccccc21. The predicted octanol–water partition coefficient (Wildman–Crippen LogP) is 0.941. The monoisotopic (exact) mass is 352 g/mol. The smallest absolute Gasteiger partial charge is 0.413 e. The van der Waals surface area contributed by atoms with E-state index >= 15 is 0 Å². The number of esters is 1. The van der Waals surface area contributed by atoms with E-state index in [1.54, 1.807) is 19.1 Å². The molecule has 0 bridgehead atoms. The van der Waals surface area contributed by atoms with Crippen LogP contribution in [0.1, 0.15) is 6.92 Å². The van der Waals surface area contributed by atoms with Crippen molar-refractivity contribution in [2.24, 2.45) is 0 Å². The molecule has 1 aliphatic rings. The zero-order chi connectivity index (χ0) is 17.5. The molecule has 128 valence electrons. The largest absolute Gasteiger partial charge is 0.454 e. The molecule has 0 radical (unpaired) electrons. The Morgan fingerprint density at radius 1 is 1.25 bits per heavy atom. The van der Waals surface area contributed by atoms with E-state index in [2.05, 4.69) is 4.74 Å². The highest BCUT2D eigenvalue weighted by Crippen LogP contribution is 2.34. The van der Waals surface area contributed by atoms with Gasteiger partial charge in [-0.05, 0) is 19.1 Å². The van der Waals surface area contributed by atoms with Gasteiger partial charge in [0.2, 0.25) is 5.91 Å². The molecule has 0 unspecified atom stereocenters. The minimum atomic E-state index is -0.907. The number of carbonyl (C=O) groups is 4. The van der Waals surface area contributed by atoms with Crippen molar-refractivity contribution in [2.75, 3.05) is 30.4 Å². The van der Waals surface area contributed by atoms with Gasteiger partial charge in [-0.2, -0.15) is 0 Å². The average molecular weight is 352 g/mol. The Kier molecular flexibility index (Phi) is 6.19. The molecule has 1 heterocycles. The summed E-state index contributed by atoms with van der Waals surface area (Å²) in [5.41, 5.74) is 0.631. The number of carbonyl (C=O) groups excluding carboxylic acids is 4. The van der Waals surface area contributed by atoms with Crippen LogP contribution in [0.2, 0.25) is 0 Å². The third-order valence-corrected chi connectivity index (χ3v) is 4.02. The van der Waals surface area contributed by atoms with E-state index in [1.165, 1.54) is 16.7 Å². The van der Waals surface area contributed by atoms with Crippen molar-refractivity contribution in [3.05, 3.63) is 24.3 Å². The van der Waals surface area contributed by atoms with E-state index in [0.717, 1.165) is 4.90 Å². The molecule has 1 aromatic rings. The number of nitrogens with one attached hydrogen (secondary N) is 1. The normalized spacial score (nSPS) is 13.0. The van der Waals surface area contributed by atoms with Crippen LogP contribution in [0.3, 0.4) is 0 Å². The maximum absolute atomic E-state index is 12.0. The highest BCUT2D eigenvalue weighted by atomic mass is 32.2. The van der Waals surface area contributed by atoms with E-state index in [-0.39, 0.29) is 24.8 Å². The van der Waals surface area contributed by atoms with Crippen LogP contribution in [-0.2, 0) is 23.9 Å². The van der Waals surface area contributed by atoms with Crippen molar-refractivity contribution >= 4 is 41.3 Å². The maximum Gasteiger partial charge on any atom is 0.413 e. The quantitative estimate of drug-likeness (QED) is 0.787. The van der Waals surface area contributed by atoms with E-state index in [4.69, 9.17) is 4.74 Å². The molecule has 3 amide bonds. The number of benzene rings is 1. The lowest BCUT2D eigenvalue weighted by atomic mass is 10.2. The van der Waals surface area contributed by atoms with Gasteiger partial charge in [-0.1, -0.05) is 12.1 Å². The Labute approximate surface area is 142 Å². The molecule has 1 aliphatic heterocycles. The number of ether oxygens (including phenoxy) is 2. The lowest BCUT2D eigenvalue weighted by molar-refractivity contribution is -0.147. The van der Waals surface area contributed by atoms with Gasteiger partial charge in [0, 0.05) is 4.90 Å². The number of imide groups is 1. The van der Waals surface area contributed by atoms with Crippen LogP contribution in [0.4, 0.5) is 10.5 Å². The number of anilines is 1. The number of amides is 3. The Morgan fingerprint density at radius 2 is 2.00 bits per heavy atom. The second-order valence-corrected chi connectivity index (χ2v) is 5.68. The molecule has 2 rings (SSSR count). The summed E-state index contributed by atoms with van der Waals surface area (Å²) >= 11 is 1.40. The molecular formula is C15H16N2O6S. The van der Waals surface area contributed by atoms with Crippen LogP contribution < -0.4 is 10.2 Å². The summed E-state index contributed by atoms with van der Waals surface area (Å²) in [5.74, 6) is -1.54. The summed E-state index contributed by atoms with van der Waals surface area (Å²) in [6.45, 7) is 0.780. The van der Waals surface area contributed by atoms with E-state index in [1.807, 2.05) is 17.4 Å². The van der Waals surface area contributed by atoms with Gasteiger partial charge in [0.05, 0.1) is 18.0 Å². The van der Waals surface area contributed by atoms with Crippen LogP contribution in [0.25, 0.3) is 0 Å². The lowest BCUT2D eigenvalue weighted by Gasteiger charge is -2.27. The zero-order valence-corrected chi connectivity index (χ0v) is 13.8. The molecule has 8 nitrogen and oxygen atoms in total. The van der Waals surface area contributed by atoms with E-state index in [0.29, 0.717) is 5.69 Å². The van der Waals surface area contributed by atoms with Gasteiger partial charge in [-0.25, -0.2) is 4.79 Å². The summed E-state index contributed by atoms with van der Waals surface area (Å²) in [6, 6.07) is 7.21. The number of thioether (sulfide) groups is 1. The highest BCUT2D eigenvalue weighted by Gasteiger charge is 2.27. The van der Waals surface area contributed by atoms with Crippen LogP contribution in [0.15, 0.2) is 29.2 Å². The summed E-state index contributed by atoms with van der Waals surface area (Å²) in [5, 5.41) is 1.90. The Bertz CT molecular complexity index is 663. The van der Waals surface area contributed by atoms with Gasteiger partial charge in [0.25, 0.3) is 5.91 Å². The van der Waals surface area contributed by atoms with Gasteiger partial charge in [-0.15, -0.1) is 11.8 Å². The van der Waals surface area contributed by atoms with E-state index in [9.17, 15) is 19.2 Å². The van der Waals surface area contributed by atoms with Crippen LogP contribution in [-0.4, -0.2) is 49.4 Å². The van der Waals surface area contributed by atoms with Crippen LogP contribution in [0.5, 0.6) is 0 Å². The number of fused-ring (bicyclic) bond motifs is 1. The first-order chi connectivity index (χ1) is 11.5. The lowest BCUT2D eigenvalue weighted by Crippen LogP contribution is -2.41. The molecule has 24 heavy (non-hydrogen) atoms. The van der Waals surface area contributed by atoms with Gasteiger partial charge in [0.1, 0.15) is 6.54 Å². The van der Waals surface area contributed by atoms with Gasteiger partial charge in [0.15, 0.2) is 6.61 Å². The second-order valence-electron chi connectivity index (χ2n) is 4.67. The minimum absolute atomic E-state index is 0.118. The Morgan fingerprint density at radius 3 is 2.75 bits per heavy atom. The Hall–Kier alpha value is -2.55. The number of hydrogen-bond donors (Lipinski definition) is 1. The van der Waals surface area contributed by atoms with Crippen molar-refractivity contribution in [2.45, 2.75) is 11.8 Å². The fourth-order valence-electron chi connectivity index (χ4n) is 1.97. The first-order valence-electron chi connectivity index (χ1n) is 7.15. The summed E-state index contributed by atoms with van der Waals surface area (Å²) in [4.78, 5) is 48.5. The second kappa shape index (κ2) is 8.34. The average Bonchev–Trinajstić information content (AvgIpc) is 2.56. The van der Waals surface area contributed by atoms with Crippen molar-refractivity contribution in [1.82, 2.24) is 5.32 Å². The van der Waals surface area contributed by atoms with Gasteiger partial charge >= 0.3 is 12.1 Å². The molecule has 1 aromatic carbocycles. The summed E-state index contributed by atoms with van der Waals surface area (Å²) in [7, 11) is 0. The van der Waals surface area contributed by atoms with Crippen LogP contribution >= 0.6 is 11.8 Å². The van der Waals surface area contributed by atoms with Crippen molar-refractivity contribution in [3.63, 3.8) is 0 Å². The molecule has 0 saturated heterocycles. The third-order valence-electron chi connectivity index (χ3n) is 2.98. The first-order valence-corrected chi connectivity index (χ1v) is 8.14. The molecule has 1 N–H and O–H groups in total. The summed E-state index contributed by atoms with van der Waals surface area (Å²) in [6.07, 6.45) is -0.907. The molecule has 0 aliphatic carbocycles.